The minimum atomic E-state index is -4.73. The van der Waals surface area contributed by atoms with Crippen molar-refractivity contribution in [3.63, 3.8) is 0 Å². The summed E-state index contributed by atoms with van der Waals surface area (Å²) in [5.74, 6) is 0. The summed E-state index contributed by atoms with van der Waals surface area (Å²) in [4.78, 5) is -1.58. The van der Waals surface area contributed by atoms with Crippen LogP contribution in [0, 0.1) is 34.0 Å². The molecule has 3 heterocycles. The van der Waals surface area contributed by atoms with Gasteiger partial charge in [-0.1, -0.05) is 90.5 Å². The summed E-state index contributed by atoms with van der Waals surface area (Å²) < 4.78 is 239. The van der Waals surface area contributed by atoms with Gasteiger partial charge in [0.2, 0.25) is 0 Å². The zero-order valence-electron chi connectivity index (χ0n) is 47.3. The first kappa shape index (κ1) is 85.1. The van der Waals surface area contributed by atoms with Crippen LogP contribution in [-0.2, 0) is 24.9 Å². The Morgan fingerprint density at radius 2 is 0.763 bits per heavy atom. The Balaban J connectivity index is 0.000000429. The summed E-state index contributed by atoms with van der Waals surface area (Å²) in [6.07, 6.45) is -4.74. The molecule has 0 aliphatic heterocycles. The average Bonchev–Trinajstić information content (AvgIpc) is 1.70. The topological polar surface area (TPSA) is 125 Å². The van der Waals surface area contributed by atoms with Gasteiger partial charge in [0.25, 0.3) is 0 Å². The molecule has 0 bridgehead atoms. The third-order valence-electron chi connectivity index (χ3n) is 12.3. The largest absolute Gasteiger partial charge is 0.446 e. The van der Waals surface area contributed by atoms with Crippen LogP contribution < -0.4 is 0 Å². The van der Waals surface area contributed by atoms with Gasteiger partial charge in [0.1, 0.15) is 39.9 Å². The normalized spacial score (nSPS) is 12.0. The number of halogens is 25. The van der Waals surface area contributed by atoms with Gasteiger partial charge in [-0.25, -0.2) is 14.0 Å². The van der Waals surface area contributed by atoms with E-state index in [9.17, 15) is 79.0 Å². The number of hydrogen-bond donors (Lipinski definition) is 0. The summed E-state index contributed by atoms with van der Waals surface area (Å²) >= 11 is 34.3. The smallest absolute Gasteiger partial charge is 0.232 e. The number of unbranched alkanes of at least 4 members (excludes halogenated alkanes) is 3. The van der Waals surface area contributed by atoms with Crippen molar-refractivity contribution in [1.29, 1.82) is 15.8 Å². The van der Waals surface area contributed by atoms with Crippen LogP contribution in [0.15, 0.2) is 72.9 Å². The van der Waals surface area contributed by atoms with Crippen LogP contribution in [0.25, 0.3) is 23.1 Å². The molecule has 6 rings (SSSR count). The third kappa shape index (κ3) is 23.9. The third-order valence-corrected chi connectivity index (χ3v) is 31.6. The maximum absolute atomic E-state index is 12.8. The van der Waals surface area contributed by atoms with Crippen LogP contribution in [0.3, 0.4) is 0 Å². The number of hydrogen-bond acceptors (Lipinski definition) is 9. The van der Waals surface area contributed by atoms with Gasteiger partial charge in [0, 0.05) is 0 Å². The van der Waals surface area contributed by atoms with Crippen molar-refractivity contribution in [2.24, 2.45) is 0 Å². The molecule has 0 spiro atoms. The Hall–Kier alpha value is -3.95. The molecule has 3 aromatic heterocycles. The number of nitrogens with zero attached hydrogens (tertiary/aromatic N) is 9. The van der Waals surface area contributed by atoms with Gasteiger partial charge in [0.15, 0.2) is 17.1 Å². The van der Waals surface area contributed by atoms with Crippen molar-refractivity contribution >= 4 is 145 Å². The molecular weight excluding hydrogens is 1640 g/mol. The molecule has 93 heavy (non-hydrogen) atoms. The van der Waals surface area contributed by atoms with Crippen molar-refractivity contribution in [1.82, 2.24) is 29.3 Å². The summed E-state index contributed by atoms with van der Waals surface area (Å²) in [5.41, 5.74) is -20.4. The number of aromatic nitrogens is 6. The van der Waals surface area contributed by atoms with Crippen molar-refractivity contribution in [2.75, 3.05) is 0 Å². The number of benzene rings is 3. The van der Waals surface area contributed by atoms with Gasteiger partial charge in [-0.3, -0.25) is 0 Å². The molecule has 0 radical (unpaired) electrons. The van der Waals surface area contributed by atoms with E-state index in [1.54, 1.807) is 13.3 Å². The standard InChI is InChI=1S/C14H7Cl2F6N3S.C14H5Cl2F6N3S.C12H2BrCl2F6N3S.3C4H9.C2H3.CH4.Sn/c2*1-2-10-12(26-14(20,21)22)9(5-23)24-25(10)11-7(15)3-6(4-8(11)16)13(17,18)19;13-10-9(25-12(19,20)21)7(3-22)23-24(10)8-5(14)1-4(2-6(8)15)11(16,17)18;3*1-3-4-2;1-2;;/h3-4H,2H2,1H3;2-4H,1H2;1-2H;3*1,3-4H2,2H3;1H,2H2;1H4;. The maximum Gasteiger partial charge on any atom is 0.446 e. The summed E-state index contributed by atoms with van der Waals surface area (Å²) in [5, 5.41) is 35.2. The molecule has 0 aliphatic carbocycles. The van der Waals surface area contributed by atoms with Crippen LogP contribution in [0.2, 0.25) is 43.4 Å². The Morgan fingerprint density at radius 3 is 1.05 bits per heavy atom. The van der Waals surface area contributed by atoms with Crippen LogP contribution in [0.4, 0.5) is 79.0 Å². The van der Waals surface area contributed by atoms with Crippen LogP contribution in [0.5, 0.6) is 0 Å². The van der Waals surface area contributed by atoms with Crippen LogP contribution >= 0.6 is 121 Å². The van der Waals surface area contributed by atoms with Gasteiger partial charge in [-0.05, 0) is 100 Å². The molecule has 0 fully saturated rings. The van der Waals surface area contributed by atoms with E-state index in [4.69, 9.17) is 85.4 Å². The Labute approximate surface area is 576 Å². The summed E-state index contributed by atoms with van der Waals surface area (Å²) in [6.45, 7) is 16.0. The molecule has 9 nitrogen and oxygen atoms in total. The first-order chi connectivity index (χ1) is 42.4. The van der Waals surface area contributed by atoms with Gasteiger partial charge >= 0.3 is 137 Å². The van der Waals surface area contributed by atoms with Crippen molar-refractivity contribution in [3.05, 3.63) is 134 Å². The molecule has 38 heteroatoms. The molecule has 0 saturated carbocycles. The van der Waals surface area contributed by atoms with Crippen molar-refractivity contribution in [2.45, 2.75) is 143 Å². The van der Waals surface area contributed by atoms with Gasteiger partial charge in [-0.2, -0.15) is 110 Å². The molecular formula is C55H48BrCl6F18N9S3Sn. The van der Waals surface area contributed by atoms with E-state index in [0.717, 1.165) is 20.1 Å². The minimum absolute atomic E-state index is 0. The molecule has 0 atom stereocenters. The molecule has 0 saturated heterocycles. The van der Waals surface area contributed by atoms with E-state index in [2.05, 4.69) is 69.2 Å². The van der Waals surface area contributed by atoms with E-state index in [1.807, 2.05) is 0 Å². The molecule has 0 amide bonds. The number of nitriles is 3. The molecule has 3 aromatic carbocycles. The monoisotopic (exact) mass is 1680 g/mol. The van der Waals surface area contributed by atoms with E-state index in [-0.39, 0.29) is 46.9 Å². The maximum atomic E-state index is 12.8. The Kier molecular flexibility index (Phi) is 32.5. The molecule has 6 aromatic rings. The van der Waals surface area contributed by atoms with Gasteiger partial charge in [-0.15, -0.1) is 0 Å². The van der Waals surface area contributed by atoms with Crippen LogP contribution in [-0.4, -0.2) is 64.2 Å². The van der Waals surface area contributed by atoms with E-state index in [1.165, 1.54) is 63.7 Å². The van der Waals surface area contributed by atoms with E-state index in [0.29, 0.717) is 36.4 Å². The Morgan fingerprint density at radius 1 is 0.484 bits per heavy atom. The average molecular weight is 1680 g/mol. The molecule has 0 aliphatic rings. The summed E-state index contributed by atoms with van der Waals surface area (Å²) in [7, 11) is 0. The second kappa shape index (κ2) is 35.5. The predicted molar refractivity (Wildman–Crippen MR) is 335 cm³/mol. The number of alkyl halides is 18. The number of thioether (sulfide) groups is 3. The SMILES string of the molecule is C.C=Cc1c(SC(F)(F)F)c(C#N)nn1-c1c(Cl)cc(C(F)(F)F)cc1Cl.C=[CH][Sn]([CH2]CCC)([CH2]CCC)[CH2]CCC.CCc1c(SC(F)(F)F)c(C#N)nn1-c1c(Cl)cc(C(F)(F)F)cc1Cl.N#Cc1nn(-c2c(Cl)cc(C(F)(F)F)cc2Cl)c(Br)c1SC(F)(F)F. The fourth-order valence-corrected chi connectivity index (χ4v) is 25.8. The van der Waals surface area contributed by atoms with Crippen molar-refractivity contribution < 1.29 is 79.0 Å². The van der Waals surface area contributed by atoms with E-state index >= 15 is 0 Å². The zero-order chi connectivity index (χ0) is 70.4. The first-order valence-electron chi connectivity index (χ1n) is 25.8. The fraction of sp³-hybridized carbons (Fsp3) is 0.382. The second-order valence-electron chi connectivity index (χ2n) is 18.7. The molecule has 510 valence electrons. The quantitative estimate of drug-likeness (QED) is 0.0470. The molecule has 0 unspecified atom stereocenters. The Bertz CT molecular complexity index is 3620. The van der Waals surface area contributed by atoms with E-state index < -0.39 is 167 Å². The fourth-order valence-electron chi connectivity index (χ4n) is 8.16. The minimum Gasteiger partial charge on any atom is -0.232 e. The summed E-state index contributed by atoms with van der Waals surface area (Å²) in [6, 6.07) is 7.91. The van der Waals surface area contributed by atoms with Crippen LogP contribution in [0.1, 0.15) is 119 Å². The zero-order valence-corrected chi connectivity index (χ0v) is 58.7. The predicted octanol–water partition coefficient (Wildman–Crippen LogP) is 25.2. The second-order valence-corrected chi connectivity index (χ2v) is 38.3. The first-order valence-corrected chi connectivity index (χ1v) is 39.0. The van der Waals surface area contributed by atoms with Gasteiger partial charge in [0.05, 0.1) is 72.9 Å². The molecule has 0 N–H and O–H groups in total. The van der Waals surface area contributed by atoms with Gasteiger partial charge < -0.3 is 0 Å². The number of rotatable bonds is 18. The van der Waals surface area contributed by atoms with Crippen molar-refractivity contribution in [3.8, 4) is 35.3 Å².